The average Bonchev–Trinajstić information content (AvgIpc) is 2.81. The van der Waals surface area contributed by atoms with E-state index in [0.29, 0.717) is 11.6 Å². The van der Waals surface area contributed by atoms with E-state index in [9.17, 15) is 39.6 Å². The van der Waals surface area contributed by atoms with Crippen LogP contribution in [0.1, 0.15) is 30.5 Å². The quantitative estimate of drug-likeness (QED) is 0.251. The zero-order valence-electron chi connectivity index (χ0n) is 20.0. The summed E-state index contributed by atoms with van der Waals surface area (Å²) in [5.74, 6) is -0.188. The highest BCUT2D eigenvalue weighted by Gasteiger charge is 2.32. The van der Waals surface area contributed by atoms with Gasteiger partial charge in [-0.05, 0) is 74.0 Å². The molecule has 0 aliphatic heterocycles. The molecule has 3 aromatic carbocycles. The van der Waals surface area contributed by atoms with Gasteiger partial charge in [-0.25, -0.2) is 4.79 Å². The molecule has 3 rings (SSSR count). The first-order valence-electron chi connectivity index (χ1n) is 11.0. The lowest BCUT2D eigenvalue weighted by Crippen LogP contribution is -2.39. The van der Waals surface area contributed by atoms with Crippen LogP contribution in [0.5, 0.6) is 5.75 Å². The number of benzene rings is 3. The van der Waals surface area contributed by atoms with Gasteiger partial charge in [0.15, 0.2) is 0 Å². The van der Waals surface area contributed by atoms with Crippen LogP contribution in [0.3, 0.4) is 0 Å². The predicted molar refractivity (Wildman–Crippen MR) is 127 cm³/mol. The maximum atomic E-state index is 13.0. The topological polar surface area (TPSA) is 75.7 Å². The molecule has 6 nitrogen and oxygen atoms in total. The molecule has 0 unspecified atom stereocenters. The van der Waals surface area contributed by atoms with Crippen LogP contribution in [0.15, 0.2) is 77.7 Å². The van der Waals surface area contributed by atoms with Crippen LogP contribution >= 0.6 is 0 Å². The van der Waals surface area contributed by atoms with Crippen LogP contribution < -0.4 is 9.50 Å². The normalized spacial score (nSPS) is 12.3. The number of amides is 2. The van der Waals surface area contributed by atoms with Gasteiger partial charge >= 0.3 is 28.5 Å². The van der Waals surface area contributed by atoms with Gasteiger partial charge in [-0.1, -0.05) is 18.2 Å². The molecule has 0 saturated carbocycles. The summed E-state index contributed by atoms with van der Waals surface area (Å²) in [7, 11) is -4.60. The van der Waals surface area contributed by atoms with Gasteiger partial charge in [0.05, 0.1) is 11.1 Å². The number of alkyl halides is 6. The van der Waals surface area contributed by atoms with E-state index in [0.717, 1.165) is 42.5 Å². The van der Waals surface area contributed by atoms with Crippen molar-refractivity contribution in [2.45, 2.75) is 43.7 Å². The smallest absolute Gasteiger partial charge is 0.379 e. The molecule has 0 fully saturated rings. The standard InChI is InChI=1S/C25H22F6N2O4S/c1-16(2)33(23(34)32-20-11-9-18(10-12-20)24(26,27)28)15-17-5-3-7-21(13-17)37-38(35,36)22-8-4-6-19(14-22)25(29,30)31/h3-14,16H,15H2,1-2H3,(H,32,34). The number of carbonyl (C=O) groups is 1. The number of urea groups is 1. The molecule has 0 atom stereocenters. The summed E-state index contributed by atoms with van der Waals surface area (Å²) in [5, 5.41) is 2.51. The molecule has 0 spiro atoms. The minimum Gasteiger partial charge on any atom is -0.379 e. The Morgan fingerprint density at radius 3 is 2.05 bits per heavy atom. The van der Waals surface area contributed by atoms with E-state index in [-0.39, 0.29) is 24.0 Å². The summed E-state index contributed by atoms with van der Waals surface area (Å²) < 4.78 is 107. The molecule has 0 aliphatic rings. The van der Waals surface area contributed by atoms with Crippen molar-refractivity contribution < 1.29 is 43.7 Å². The van der Waals surface area contributed by atoms with Crippen LogP contribution in [-0.4, -0.2) is 25.4 Å². The summed E-state index contributed by atoms with van der Waals surface area (Å²) >= 11 is 0. The fraction of sp³-hybridized carbons (Fsp3) is 0.240. The first kappa shape index (κ1) is 28.8. The van der Waals surface area contributed by atoms with E-state index < -0.39 is 44.5 Å². The minimum absolute atomic E-state index is 0.0368. The Labute approximate surface area is 215 Å². The van der Waals surface area contributed by atoms with Crippen LogP contribution in [0.4, 0.5) is 36.8 Å². The van der Waals surface area contributed by atoms with Crippen LogP contribution in [0.25, 0.3) is 0 Å². The van der Waals surface area contributed by atoms with Gasteiger partial charge in [-0.3, -0.25) is 0 Å². The Balaban J connectivity index is 1.75. The number of rotatable bonds is 7. The van der Waals surface area contributed by atoms with Gasteiger partial charge in [0.25, 0.3) is 0 Å². The number of carbonyl (C=O) groups excluding carboxylic acids is 1. The molecule has 0 aromatic heterocycles. The maximum Gasteiger partial charge on any atom is 0.416 e. The zero-order chi connectivity index (χ0) is 28.3. The predicted octanol–water partition coefficient (Wildman–Crippen LogP) is 6.93. The molecular formula is C25H22F6N2O4S. The van der Waals surface area contributed by atoms with Crippen LogP contribution in [-0.2, 0) is 29.0 Å². The fourth-order valence-electron chi connectivity index (χ4n) is 3.32. The van der Waals surface area contributed by atoms with Crippen LogP contribution in [0, 0.1) is 0 Å². The molecule has 2 amide bonds. The van der Waals surface area contributed by atoms with E-state index in [1.807, 2.05) is 0 Å². The molecule has 38 heavy (non-hydrogen) atoms. The van der Waals surface area contributed by atoms with E-state index in [1.54, 1.807) is 19.9 Å². The molecule has 3 aromatic rings. The molecule has 0 radical (unpaired) electrons. The number of anilines is 1. The van der Waals surface area contributed by atoms with Crippen molar-refractivity contribution in [3.63, 3.8) is 0 Å². The molecule has 1 N–H and O–H groups in total. The minimum atomic E-state index is -4.74. The number of nitrogens with one attached hydrogen (secondary N) is 1. The molecule has 204 valence electrons. The lowest BCUT2D eigenvalue weighted by atomic mass is 10.2. The van der Waals surface area contributed by atoms with Crippen molar-refractivity contribution in [3.8, 4) is 5.75 Å². The first-order chi connectivity index (χ1) is 17.6. The molecule has 13 heteroatoms. The second-order valence-electron chi connectivity index (χ2n) is 8.44. The molecule has 0 bridgehead atoms. The Hall–Kier alpha value is -3.74. The van der Waals surface area contributed by atoms with Crippen molar-refractivity contribution in [2.75, 3.05) is 5.32 Å². The highest BCUT2D eigenvalue weighted by Crippen LogP contribution is 2.32. The Morgan fingerprint density at radius 1 is 0.868 bits per heavy atom. The Morgan fingerprint density at radius 2 is 1.47 bits per heavy atom. The van der Waals surface area contributed by atoms with Crippen molar-refractivity contribution in [1.82, 2.24) is 4.90 Å². The summed E-state index contributed by atoms with van der Waals surface area (Å²) in [6.45, 7) is 3.36. The van der Waals surface area contributed by atoms with E-state index in [1.165, 1.54) is 23.1 Å². The number of hydrogen-bond acceptors (Lipinski definition) is 4. The number of hydrogen-bond donors (Lipinski definition) is 1. The van der Waals surface area contributed by atoms with Crippen LogP contribution in [0.2, 0.25) is 0 Å². The van der Waals surface area contributed by atoms with Gasteiger partial charge < -0.3 is 14.4 Å². The second kappa shape index (κ2) is 10.9. The van der Waals surface area contributed by atoms with Crippen molar-refractivity contribution in [1.29, 1.82) is 0 Å². The third-order valence-electron chi connectivity index (χ3n) is 5.26. The zero-order valence-corrected chi connectivity index (χ0v) is 20.8. The van der Waals surface area contributed by atoms with Gasteiger partial charge in [0.2, 0.25) is 0 Å². The highest BCUT2D eigenvalue weighted by molar-refractivity contribution is 7.87. The second-order valence-corrected chi connectivity index (χ2v) is 9.98. The van der Waals surface area contributed by atoms with Crippen molar-refractivity contribution in [3.05, 3.63) is 89.5 Å². The SMILES string of the molecule is CC(C)N(Cc1cccc(OS(=O)(=O)c2cccc(C(F)(F)F)c2)c1)C(=O)Nc1ccc(C(F)(F)F)cc1. The van der Waals surface area contributed by atoms with Gasteiger partial charge in [0, 0.05) is 18.3 Å². The van der Waals surface area contributed by atoms with Crippen molar-refractivity contribution in [2.24, 2.45) is 0 Å². The summed E-state index contributed by atoms with van der Waals surface area (Å²) in [5.41, 5.74) is -1.45. The lowest BCUT2D eigenvalue weighted by molar-refractivity contribution is -0.138. The fourth-order valence-corrected chi connectivity index (χ4v) is 4.29. The van der Waals surface area contributed by atoms with Gasteiger partial charge in [0.1, 0.15) is 10.6 Å². The summed E-state index contributed by atoms with van der Waals surface area (Å²) in [6, 6.07) is 11.6. The monoisotopic (exact) mass is 560 g/mol. The first-order valence-corrected chi connectivity index (χ1v) is 12.4. The Bertz CT molecular complexity index is 1390. The maximum absolute atomic E-state index is 13.0. The van der Waals surface area contributed by atoms with E-state index in [4.69, 9.17) is 4.18 Å². The third-order valence-corrected chi connectivity index (χ3v) is 6.50. The number of halogens is 6. The molecule has 0 aliphatic carbocycles. The molecular weight excluding hydrogens is 538 g/mol. The molecule has 0 saturated heterocycles. The Kier molecular flexibility index (Phi) is 8.30. The third kappa shape index (κ3) is 7.40. The molecule has 0 heterocycles. The number of nitrogens with zero attached hydrogens (tertiary/aromatic N) is 1. The van der Waals surface area contributed by atoms with Crippen molar-refractivity contribution >= 4 is 21.8 Å². The average molecular weight is 561 g/mol. The summed E-state index contributed by atoms with van der Waals surface area (Å²) in [6.07, 6.45) is -9.26. The lowest BCUT2D eigenvalue weighted by Gasteiger charge is -2.27. The van der Waals surface area contributed by atoms with Gasteiger partial charge in [-0.2, -0.15) is 34.8 Å². The largest absolute Gasteiger partial charge is 0.416 e. The highest BCUT2D eigenvalue weighted by atomic mass is 32.2. The van der Waals surface area contributed by atoms with Gasteiger partial charge in [-0.15, -0.1) is 0 Å². The van der Waals surface area contributed by atoms with E-state index in [2.05, 4.69) is 5.32 Å². The van der Waals surface area contributed by atoms with E-state index >= 15 is 0 Å². The summed E-state index contributed by atoms with van der Waals surface area (Å²) in [4.78, 5) is 13.5.